The molecule has 3 nitrogen and oxygen atoms in total. The zero-order valence-electron chi connectivity index (χ0n) is 11.8. The fourth-order valence-electron chi connectivity index (χ4n) is 1.80. The number of benzene rings is 1. The lowest BCUT2D eigenvalue weighted by Gasteiger charge is -2.11. The van der Waals surface area contributed by atoms with Crippen LogP contribution in [0, 0.1) is 19.7 Å². The second-order valence-corrected chi connectivity index (χ2v) is 5.10. The molecule has 5 heteroatoms. The summed E-state index contributed by atoms with van der Waals surface area (Å²) in [7, 11) is 0. The number of nitrogens with one attached hydrogen (secondary N) is 1. The molecule has 2 rings (SSSR count). The molecule has 20 heavy (non-hydrogen) atoms. The fraction of sp³-hybridized carbons (Fsp3) is 0.333. The van der Waals surface area contributed by atoms with Crippen molar-refractivity contribution in [2.75, 3.05) is 5.32 Å². The molecule has 0 radical (unpaired) electrons. The SMILES string of the molecule is CCCc1nc(Cl)c(C)c(Nc2ccc(C)c(F)c2)n1. The van der Waals surface area contributed by atoms with Crippen LogP contribution >= 0.6 is 11.6 Å². The monoisotopic (exact) mass is 293 g/mol. The number of aryl methyl sites for hydroxylation is 2. The highest BCUT2D eigenvalue weighted by molar-refractivity contribution is 6.30. The molecule has 0 aliphatic carbocycles. The quantitative estimate of drug-likeness (QED) is 0.838. The average molecular weight is 294 g/mol. The van der Waals surface area contributed by atoms with Crippen molar-refractivity contribution >= 4 is 23.1 Å². The van der Waals surface area contributed by atoms with Crippen molar-refractivity contribution in [3.63, 3.8) is 0 Å². The first-order chi connectivity index (χ1) is 9.51. The van der Waals surface area contributed by atoms with Crippen LogP contribution in [0.4, 0.5) is 15.9 Å². The topological polar surface area (TPSA) is 37.8 Å². The average Bonchev–Trinajstić information content (AvgIpc) is 2.40. The molecule has 0 fully saturated rings. The van der Waals surface area contributed by atoms with E-state index in [2.05, 4.69) is 22.2 Å². The van der Waals surface area contributed by atoms with E-state index < -0.39 is 0 Å². The first-order valence-corrected chi connectivity index (χ1v) is 6.95. The molecule has 106 valence electrons. The number of anilines is 2. The van der Waals surface area contributed by atoms with Crippen LogP contribution in [0.15, 0.2) is 18.2 Å². The van der Waals surface area contributed by atoms with Gasteiger partial charge < -0.3 is 5.32 Å². The van der Waals surface area contributed by atoms with Crippen LogP contribution < -0.4 is 5.32 Å². The summed E-state index contributed by atoms with van der Waals surface area (Å²) < 4.78 is 13.6. The maximum atomic E-state index is 13.6. The standard InChI is InChI=1S/C15H17ClFN3/c1-4-5-13-19-14(16)10(3)15(20-13)18-11-7-6-9(2)12(17)8-11/h6-8H,4-5H2,1-3H3,(H,18,19,20). The van der Waals surface area contributed by atoms with Crippen LogP contribution in [0.25, 0.3) is 0 Å². The van der Waals surface area contributed by atoms with Gasteiger partial charge in [0.05, 0.1) is 0 Å². The Hall–Kier alpha value is -1.68. The van der Waals surface area contributed by atoms with Crippen LogP contribution in [0.2, 0.25) is 5.15 Å². The Balaban J connectivity index is 2.34. The van der Waals surface area contributed by atoms with Crippen molar-refractivity contribution < 1.29 is 4.39 Å². The van der Waals surface area contributed by atoms with Gasteiger partial charge in [-0.3, -0.25) is 0 Å². The van der Waals surface area contributed by atoms with E-state index in [0.717, 1.165) is 18.4 Å². The molecule has 0 saturated heterocycles. The van der Waals surface area contributed by atoms with Gasteiger partial charge in [-0.2, -0.15) is 0 Å². The minimum Gasteiger partial charge on any atom is -0.340 e. The molecule has 0 aliphatic heterocycles. The zero-order chi connectivity index (χ0) is 14.7. The minimum absolute atomic E-state index is 0.249. The molecule has 0 aliphatic rings. The molecule has 1 N–H and O–H groups in total. The Morgan fingerprint density at radius 1 is 1.25 bits per heavy atom. The Kier molecular flexibility index (Phi) is 4.55. The largest absolute Gasteiger partial charge is 0.340 e. The van der Waals surface area contributed by atoms with Gasteiger partial charge in [0.25, 0.3) is 0 Å². The predicted octanol–water partition coefficient (Wildman–Crippen LogP) is 4.58. The van der Waals surface area contributed by atoms with E-state index in [0.29, 0.717) is 28.0 Å². The first-order valence-electron chi connectivity index (χ1n) is 6.57. The smallest absolute Gasteiger partial charge is 0.138 e. The predicted molar refractivity (Wildman–Crippen MR) is 80.2 cm³/mol. The zero-order valence-corrected chi connectivity index (χ0v) is 12.6. The Morgan fingerprint density at radius 2 is 2.00 bits per heavy atom. The van der Waals surface area contributed by atoms with Gasteiger partial charge in [-0.1, -0.05) is 24.6 Å². The Bertz CT molecular complexity index is 629. The van der Waals surface area contributed by atoms with Crippen molar-refractivity contribution in [1.29, 1.82) is 0 Å². The number of hydrogen-bond acceptors (Lipinski definition) is 3. The molecule has 0 saturated carbocycles. The van der Waals surface area contributed by atoms with E-state index >= 15 is 0 Å². The van der Waals surface area contributed by atoms with Gasteiger partial charge in [0.1, 0.15) is 22.6 Å². The number of rotatable bonds is 4. The lowest BCUT2D eigenvalue weighted by molar-refractivity contribution is 0.619. The highest BCUT2D eigenvalue weighted by atomic mass is 35.5. The number of aromatic nitrogens is 2. The Labute approximate surface area is 123 Å². The highest BCUT2D eigenvalue weighted by Crippen LogP contribution is 2.24. The molecule has 0 unspecified atom stereocenters. The highest BCUT2D eigenvalue weighted by Gasteiger charge is 2.10. The summed E-state index contributed by atoms with van der Waals surface area (Å²) in [5.41, 5.74) is 2.01. The van der Waals surface area contributed by atoms with E-state index in [1.54, 1.807) is 13.0 Å². The summed E-state index contributed by atoms with van der Waals surface area (Å²) in [4.78, 5) is 8.68. The number of nitrogens with zero attached hydrogens (tertiary/aromatic N) is 2. The van der Waals surface area contributed by atoms with Crippen molar-refractivity contribution in [1.82, 2.24) is 9.97 Å². The number of halogens is 2. The van der Waals surface area contributed by atoms with Gasteiger partial charge in [-0.15, -0.1) is 0 Å². The van der Waals surface area contributed by atoms with Crippen molar-refractivity contribution in [3.05, 3.63) is 46.1 Å². The van der Waals surface area contributed by atoms with Crippen LogP contribution in [-0.2, 0) is 6.42 Å². The molecule has 0 bridgehead atoms. The third-order valence-electron chi connectivity index (χ3n) is 3.04. The lowest BCUT2D eigenvalue weighted by atomic mass is 10.2. The molecular formula is C15H17ClFN3. The molecule has 1 aromatic carbocycles. The molecule has 1 heterocycles. The Morgan fingerprint density at radius 3 is 2.65 bits per heavy atom. The third kappa shape index (κ3) is 3.25. The summed E-state index contributed by atoms with van der Waals surface area (Å²) >= 11 is 6.11. The summed E-state index contributed by atoms with van der Waals surface area (Å²) in [6.07, 6.45) is 1.70. The molecule has 1 aromatic heterocycles. The van der Waals surface area contributed by atoms with Gasteiger partial charge in [0.15, 0.2) is 0 Å². The van der Waals surface area contributed by atoms with Crippen molar-refractivity contribution in [2.24, 2.45) is 0 Å². The lowest BCUT2D eigenvalue weighted by Crippen LogP contribution is -2.04. The summed E-state index contributed by atoms with van der Waals surface area (Å²) in [6.45, 7) is 5.62. The van der Waals surface area contributed by atoms with Crippen molar-refractivity contribution in [3.8, 4) is 0 Å². The molecule has 0 atom stereocenters. The first kappa shape index (κ1) is 14.7. The second kappa shape index (κ2) is 6.18. The third-order valence-corrected chi connectivity index (χ3v) is 3.41. The van der Waals surface area contributed by atoms with Crippen molar-refractivity contribution in [2.45, 2.75) is 33.6 Å². The summed E-state index contributed by atoms with van der Waals surface area (Å²) in [5.74, 6) is 1.07. The summed E-state index contributed by atoms with van der Waals surface area (Å²) in [5, 5.41) is 3.53. The number of hydrogen-bond donors (Lipinski definition) is 1. The van der Waals surface area contributed by atoms with Gasteiger partial charge in [0.2, 0.25) is 0 Å². The molecule has 0 spiro atoms. The van der Waals surface area contributed by atoms with Gasteiger partial charge in [0, 0.05) is 17.7 Å². The maximum Gasteiger partial charge on any atom is 0.138 e. The summed E-state index contributed by atoms with van der Waals surface area (Å²) in [6, 6.07) is 4.99. The maximum absolute atomic E-state index is 13.6. The van der Waals surface area contributed by atoms with Crippen LogP contribution in [-0.4, -0.2) is 9.97 Å². The van der Waals surface area contributed by atoms with E-state index in [9.17, 15) is 4.39 Å². The van der Waals surface area contributed by atoms with Gasteiger partial charge in [-0.25, -0.2) is 14.4 Å². The van der Waals surface area contributed by atoms with E-state index in [-0.39, 0.29) is 5.82 Å². The second-order valence-electron chi connectivity index (χ2n) is 4.74. The van der Waals surface area contributed by atoms with Crippen LogP contribution in [0.5, 0.6) is 0 Å². The van der Waals surface area contributed by atoms with Crippen LogP contribution in [0.1, 0.15) is 30.3 Å². The van der Waals surface area contributed by atoms with E-state index in [1.807, 2.05) is 13.0 Å². The normalized spacial score (nSPS) is 10.7. The van der Waals surface area contributed by atoms with E-state index in [4.69, 9.17) is 11.6 Å². The molecular weight excluding hydrogens is 277 g/mol. The van der Waals surface area contributed by atoms with E-state index in [1.165, 1.54) is 6.07 Å². The minimum atomic E-state index is -0.249. The fourth-order valence-corrected chi connectivity index (χ4v) is 1.98. The molecule has 0 amide bonds. The molecule has 2 aromatic rings. The van der Waals surface area contributed by atoms with Gasteiger partial charge >= 0.3 is 0 Å². The van der Waals surface area contributed by atoms with Gasteiger partial charge in [-0.05, 0) is 38.0 Å². The van der Waals surface area contributed by atoms with Crippen LogP contribution in [0.3, 0.4) is 0 Å².